The van der Waals surface area contributed by atoms with E-state index in [-0.39, 0.29) is 5.78 Å². The van der Waals surface area contributed by atoms with Gasteiger partial charge in [0.25, 0.3) is 0 Å². The van der Waals surface area contributed by atoms with Crippen LogP contribution >= 0.6 is 27.5 Å². The first-order valence-corrected chi connectivity index (χ1v) is 7.31. The molecule has 0 amide bonds. The molecule has 0 N–H and O–H groups in total. The summed E-state index contributed by atoms with van der Waals surface area (Å²) in [5.41, 5.74) is 1.24. The monoisotopic (exact) mass is 344 g/mol. The lowest BCUT2D eigenvalue weighted by Crippen LogP contribution is -2.15. The van der Waals surface area contributed by atoms with Crippen molar-refractivity contribution in [2.24, 2.45) is 0 Å². The largest absolute Gasteiger partial charge is 0.383 e. The van der Waals surface area contributed by atoms with Crippen LogP contribution in [0.15, 0.2) is 10.7 Å². The first-order valence-electron chi connectivity index (χ1n) is 5.75. The molecule has 6 nitrogen and oxygen atoms in total. The molecule has 0 aromatic carbocycles. The van der Waals surface area contributed by atoms with E-state index in [2.05, 4.69) is 30.6 Å². The number of aryl methyl sites for hydroxylation is 1. The predicted molar refractivity (Wildman–Crippen MR) is 74.5 cm³/mol. The number of nitrogens with zero attached hydrogens (tertiary/aromatic N) is 4. The van der Waals surface area contributed by atoms with Crippen LogP contribution in [0.5, 0.6) is 0 Å². The van der Waals surface area contributed by atoms with Crippen LogP contribution < -0.4 is 0 Å². The quantitative estimate of drug-likeness (QED) is 0.749. The van der Waals surface area contributed by atoms with Gasteiger partial charge in [0, 0.05) is 7.11 Å². The summed E-state index contributed by atoms with van der Waals surface area (Å²) in [6, 6.07) is 0. The third-order valence-corrected chi connectivity index (χ3v) is 3.96. The van der Waals surface area contributed by atoms with Crippen molar-refractivity contribution in [3.05, 3.63) is 26.9 Å². The van der Waals surface area contributed by atoms with Gasteiger partial charge in [0.2, 0.25) is 5.78 Å². The average Bonchev–Trinajstić information content (AvgIpc) is 3.02. The number of halogens is 1. The van der Waals surface area contributed by atoms with Gasteiger partial charge >= 0.3 is 0 Å². The minimum absolute atomic E-state index is 0.104. The lowest BCUT2D eigenvalue weighted by atomic mass is 10.2. The molecule has 2 heterocycles. The van der Waals surface area contributed by atoms with E-state index >= 15 is 0 Å². The molecule has 0 saturated carbocycles. The number of ether oxygens (including phenoxy) is 1. The van der Waals surface area contributed by atoms with Gasteiger partial charge in [-0.1, -0.05) is 11.4 Å². The topological polar surface area (TPSA) is 69.9 Å². The molecule has 0 spiro atoms. The van der Waals surface area contributed by atoms with Gasteiger partial charge < -0.3 is 4.74 Å². The minimum Gasteiger partial charge on any atom is -0.383 e. The highest BCUT2D eigenvalue weighted by Crippen LogP contribution is 2.23. The Balaban J connectivity index is 2.35. The Bertz CT molecular complexity index is 581. The SMILES string of the molecule is CCc1nnsc1C(=O)c1c(Br)cnn1CCOC. The van der Waals surface area contributed by atoms with E-state index in [1.54, 1.807) is 18.0 Å². The molecule has 0 aliphatic heterocycles. The first-order chi connectivity index (χ1) is 9.19. The summed E-state index contributed by atoms with van der Waals surface area (Å²) in [6.45, 7) is 2.97. The van der Waals surface area contributed by atoms with Gasteiger partial charge in [-0.15, -0.1) is 5.10 Å². The molecule has 8 heteroatoms. The molecule has 2 aromatic rings. The Morgan fingerprint density at radius 1 is 1.58 bits per heavy atom. The third kappa shape index (κ3) is 2.90. The summed E-state index contributed by atoms with van der Waals surface area (Å²) in [7, 11) is 1.61. The molecule has 0 saturated heterocycles. The fraction of sp³-hybridized carbons (Fsp3) is 0.455. The fourth-order valence-corrected chi connectivity index (χ4v) is 2.82. The Labute approximate surface area is 123 Å². The predicted octanol–water partition coefficient (Wildman–Crippen LogP) is 1.94. The van der Waals surface area contributed by atoms with Crippen molar-refractivity contribution in [1.82, 2.24) is 19.4 Å². The maximum Gasteiger partial charge on any atom is 0.225 e. The van der Waals surface area contributed by atoms with E-state index in [9.17, 15) is 4.79 Å². The van der Waals surface area contributed by atoms with Gasteiger partial charge in [-0.05, 0) is 33.9 Å². The number of carbonyl (C=O) groups is 1. The number of aromatic nitrogens is 4. The van der Waals surface area contributed by atoms with Crippen LogP contribution in [0.4, 0.5) is 0 Å². The Morgan fingerprint density at radius 2 is 2.37 bits per heavy atom. The van der Waals surface area contributed by atoms with Gasteiger partial charge in [0.1, 0.15) is 10.6 Å². The molecule has 0 atom stereocenters. The first kappa shape index (κ1) is 14.3. The van der Waals surface area contributed by atoms with E-state index in [1.807, 2.05) is 6.92 Å². The van der Waals surface area contributed by atoms with Crippen LogP contribution in [-0.2, 0) is 17.7 Å². The van der Waals surface area contributed by atoms with E-state index in [1.165, 1.54) is 0 Å². The minimum atomic E-state index is -0.104. The van der Waals surface area contributed by atoms with E-state index in [0.29, 0.717) is 34.6 Å². The zero-order valence-electron chi connectivity index (χ0n) is 10.6. The van der Waals surface area contributed by atoms with Gasteiger partial charge in [0.15, 0.2) is 0 Å². The summed E-state index contributed by atoms with van der Waals surface area (Å²) in [4.78, 5) is 13.1. The summed E-state index contributed by atoms with van der Waals surface area (Å²) in [6.07, 6.45) is 2.30. The second-order valence-corrected chi connectivity index (χ2v) is 5.40. The number of carbonyl (C=O) groups excluding carboxylic acids is 1. The number of hydrogen-bond acceptors (Lipinski definition) is 6. The van der Waals surface area contributed by atoms with Crippen molar-refractivity contribution in [3.8, 4) is 0 Å². The normalized spacial score (nSPS) is 10.9. The van der Waals surface area contributed by atoms with E-state index < -0.39 is 0 Å². The average molecular weight is 345 g/mol. The zero-order valence-corrected chi connectivity index (χ0v) is 13.0. The fourth-order valence-electron chi connectivity index (χ4n) is 1.66. The van der Waals surface area contributed by atoms with Crippen LogP contribution in [-0.4, -0.2) is 38.9 Å². The van der Waals surface area contributed by atoms with Crippen molar-refractivity contribution in [1.29, 1.82) is 0 Å². The number of rotatable bonds is 6. The molecule has 0 radical (unpaired) electrons. The summed E-state index contributed by atoms with van der Waals surface area (Å²) >= 11 is 4.48. The van der Waals surface area contributed by atoms with Crippen LogP contribution in [0.1, 0.15) is 28.0 Å². The second kappa shape index (κ2) is 6.36. The standard InChI is InChI=1S/C11H13BrN4O2S/c1-3-8-11(19-15-14-8)10(17)9-7(12)6-13-16(9)4-5-18-2/h6H,3-5H2,1-2H3. The molecule has 0 aliphatic carbocycles. The van der Waals surface area contributed by atoms with Gasteiger partial charge in [0.05, 0.1) is 29.5 Å². The maximum absolute atomic E-state index is 12.6. The van der Waals surface area contributed by atoms with Gasteiger partial charge in [-0.3, -0.25) is 9.48 Å². The van der Waals surface area contributed by atoms with Crippen LogP contribution in [0.3, 0.4) is 0 Å². The molecule has 2 rings (SSSR count). The number of ketones is 1. The van der Waals surface area contributed by atoms with Crippen molar-refractivity contribution in [2.45, 2.75) is 19.9 Å². The highest BCUT2D eigenvalue weighted by atomic mass is 79.9. The van der Waals surface area contributed by atoms with Crippen LogP contribution in [0, 0.1) is 0 Å². The van der Waals surface area contributed by atoms with Crippen LogP contribution in [0.25, 0.3) is 0 Å². The highest BCUT2D eigenvalue weighted by Gasteiger charge is 2.23. The second-order valence-electron chi connectivity index (χ2n) is 3.79. The molecule has 0 aliphatic rings. The van der Waals surface area contributed by atoms with Crippen molar-refractivity contribution in [2.75, 3.05) is 13.7 Å². The molecule has 0 fully saturated rings. The molecule has 0 unspecified atom stereocenters. The Morgan fingerprint density at radius 3 is 3.05 bits per heavy atom. The van der Waals surface area contributed by atoms with Crippen molar-refractivity contribution in [3.63, 3.8) is 0 Å². The molecule has 102 valence electrons. The molecular weight excluding hydrogens is 332 g/mol. The number of methoxy groups -OCH3 is 1. The van der Waals surface area contributed by atoms with E-state index in [0.717, 1.165) is 17.2 Å². The van der Waals surface area contributed by atoms with Gasteiger partial charge in [-0.2, -0.15) is 5.10 Å². The molecule has 19 heavy (non-hydrogen) atoms. The lowest BCUT2D eigenvalue weighted by molar-refractivity contribution is 0.102. The van der Waals surface area contributed by atoms with Crippen molar-refractivity contribution >= 4 is 33.2 Å². The Kier molecular flexibility index (Phi) is 4.78. The van der Waals surface area contributed by atoms with E-state index in [4.69, 9.17) is 4.74 Å². The third-order valence-electron chi connectivity index (χ3n) is 2.61. The number of hydrogen-bond donors (Lipinski definition) is 0. The summed E-state index contributed by atoms with van der Waals surface area (Å²) < 4.78 is 11.2. The summed E-state index contributed by atoms with van der Waals surface area (Å²) in [5.74, 6) is -0.104. The molecular formula is C11H13BrN4O2S. The Hall–Kier alpha value is -1.12. The maximum atomic E-state index is 12.6. The zero-order chi connectivity index (χ0) is 13.8. The lowest BCUT2D eigenvalue weighted by Gasteiger charge is -2.06. The van der Waals surface area contributed by atoms with Crippen molar-refractivity contribution < 1.29 is 9.53 Å². The smallest absolute Gasteiger partial charge is 0.225 e. The molecule has 2 aromatic heterocycles. The highest BCUT2D eigenvalue weighted by molar-refractivity contribution is 9.10. The van der Waals surface area contributed by atoms with Gasteiger partial charge in [-0.25, -0.2) is 0 Å². The molecule has 0 bridgehead atoms. The summed E-state index contributed by atoms with van der Waals surface area (Å²) in [5, 5.41) is 8.14. The van der Waals surface area contributed by atoms with Crippen LogP contribution in [0.2, 0.25) is 0 Å².